The van der Waals surface area contributed by atoms with Crippen molar-refractivity contribution in [1.82, 2.24) is 9.80 Å². The van der Waals surface area contributed by atoms with Gasteiger partial charge in [-0.1, -0.05) is 6.42 Å². The van der Waals surface area contributed by atoms with E-state index in [2.05, 4.69) is 6.92 Å². The highest BCUT2D eigenvalue weighted by Gasteiger charge is 2.50. The lowest BCUT2D eigenvalue weighted by Gasteiger charge is -2.37. The van der Waals surface area contributed by atoms with Gasteiger partial charge < -0.3 is 14.9 Å². The highest BCUT2D eigenvalue weighted by molar-refractivity contribution is 5.84. The fraction of sp³-hybridized carbons (Fsp3) is 0.867. The van der Waals surface area contributed by atoms with Crippen molar-refractivity contribution in [3.8, 4) is 0 Å². The maximum atomic E-state index is 12.7. The van der Waals surface area contributed by atoms with Gasteiger partial charge in [0, 0.05) is 19.1 Å². The van der Waals surface area contributed by atoms with E-state index in [1.807, 2.05) is 4.90 Å². The van der Waals surface area contributed by atoms with Gasteiger partial charge in [0.05, 0.1) is 0 Å². The van der Waals surface area contributed by atoms with E-state index in [4.69, 9.17) is 0 Å². The minimum Gasteiger partial charge on any atom is -0.480 e. The molecule has 4 atom stereocenters. The number of hydrogen-bond acceptors (Lipinski definition) is 2. The van der Waals surface area contributed by atoms with Crippen molar-refractivity contribution in [2.75, 3.05) is 13.1 Å². The number of likely N-dealkylation sites (tertiary alicyclic amines) is 2. The van der Waals surface area contributed by atoms with Crippen molar-refractivity contribution in [1.29, 1.82) is 0 Å². The second-order valence-electron chi connectivity index (χ2n) is 6.61. The smallest absolute Gasteiger partial charge is 0.326 e. The molecule has 4 unspecified atom stereocenters. The Hall–Kier alpha value is -1.26. The molecule has 0 spiro atoms. The Balaban J connectivity index is 1.78. The van der Waals surface area contributed by atoms with E-state index in [1.165, 1.54) is 6.42 Å². The molecule has 1 saturated carbocycles. The molecular weight excluding hydrogens is 256 g/mol. The van der Waals surface area contributed by atoms with Gasteiger partial charge in [0.25, 0.3) is 0 Å². The number of hydrogen-bond donors (Lipinski definition) is 1. The average molecular weight is 280 g/mol. The van der Waals surface area contributed by atoms with E-state index in [0.29, 0.717) is 12.5 Å². The number of carbonyl (C=O) groups excluding carboxylic acids is 1. The zero-order valence-corrected chi connectivity index (χ0v) is 12.1. The number of aliphatic carboxylic acids is 1. The summed E-state index contributed by atoms with van der Waals surface area (Å²) in [4.78, 5) is 27.9. The van der Waals surface area contributed by atoms with Gasteiger partial charge in [0.1, 0.15) is 6.04 Å². The molecule has 2 aliphatic heterocycles. The molecule has 5 nitrogen and oxygen atoms in total. The summed E-state index contributed by atoms with van der Waals surface area (Å²) in [7, 11) is 0. The summed E-state index contributed by atoms with van der Waals surface area (Å²) in [5, 5.41) is 9.53. The zero-order valence-electron chi connectivity index (χ0n) is 12.1. The SMILES string of the molecule is CC1CCCCN1C(=O)N1CC2CCCC2C1C(=O)O. The van der Waals surface area contributed by atoms with Crippen molar-refractivity contribution in [2.45, 2.75) is 57.5 Å². The maximum Gasteiger partial charge on any atom is 0.326 e. The first kappa shape index (κ1) is 13.7. The van der Waals surface area contributed by atoms with Gasteiger partial charge in [-0.15, -0.1) is 0 Å². The molecule has 0 aromatic heterocycles. The Bertz CT molecular complexity index is 412. The van der Waals surface area contributed by atoms with Crippen LogP contribution >= 0.6 is 0 Å². The Morgan fingerprint density at radius 2 is 1.85 bits per heavy atom. The third-order valence-electron chi connectivity index (χ3n) is 5.44. The Labute approximate surface area is 119 Å². The molecule has 2 heterocycles. The van der Waals surface area contributed by atoms with Crippen LogP contribution in [0.25, 0.3) is 0 Å². The molecule has 0 aromatic rings. The predicted octanol–water partition coefficient (Wildman–Crippen LogP) is 2.17. The lowest BCUT2D eigenvalue weighted by molar-refractivity contribution is -0.142. The number of fused-ring (bicyclic) bond motifs is 1. The highest BCUT2D eigenvalue weighted by Crippen LogP contribution is 2.42. The van der Waals surface area contributed by atoms with E-state index in [-0.39, 0.29) is 18.0 Å². The third kappa shape index (κ3) is 2.17. The lowest BCUT2D eigenvalue weighted by atomic mass is 9.94. The molecule has 3 fully saturated rings. The number of urea groups is 1. The van der Waals surface area contributed by atoms with Crippen molar-refractivity contribution >= 4 is 12.0 Å². The molecule has 1 N–H and O–H groups in total. The van der Waals surface area contributed by atoms with Gasteiger partial charge in [-0.05, 0) is 50.9 Å². The summed E-state index contributed by atoms with van der Waals surface area (Å²) < 4.78 is 0. The summed E-state index contributed by atoms with van der Waals surface area (Å²) in [6.45, 7) is 3.49. The van der Waals surface area contributed by atoms with E-state index in [9.17, 15) is 14.7 Å². The van der Waals surface area contributed by atoms with Crippen LogP contribution in [0.4, 0.5) is 4.79 Å². The molecule has 5 heteroatoms. The molecule has 2 saturated heterocycles. The monoisotopic (exact) mass is 280 g/mol. The van der Waals surface area contributed by atoms with Crippen LogP contribution in [-0.4, -0.2) is 52.1 Å². The summed E-state index contributed by atoms with van der Waals surface area (Å²) in [6, 6.07) is -0.394. The van der Waals surface area contributed by atoms with Crippen molar-refractivity contribution in [2.24, 2.45) is 11.8 Å². The van der Waals surface area contributed by atoms with E-state index in [0.717, 1.165) is 38.6 Å². The molecular formula is C15H24N2O3. The van der Waals surface area contributed by atoms with Crippen LogP contribution in [0.2, 0.25) is 0 Å². The number of carbonyl (C=O) groups is 2. The second kappa shape index (κ2) is 5.26. The topological polar surface area (TPSA) is 60.9 Å². The highest BCUT2D eigenvalue weighted by atomic mass is 16.4. The van der Waals surface area contributed by atoms with Crippen LogP contribution in [0.15, 0.2) is 0 Å². The average Bonchev–Trinajstić information content (AvgIpc) is 2.97. The van der Waals surface area contributed by atoms with Gasteiger partial charge in [-0.25, -0.2) is 9.59 Å². The molecule has 3 aliphatic rings. The maximum absolute atomic E-state index is 12.7. The molecule has 0 aromatic carbocycles. The summed E-state index contributed by atoms with van der Waals surface area (Å²) in [5.41, 5.74) is 0. The predicted molar refractivity (Wildman–Crippen MR) is 74.4 cm³/mol. The van der Waals surface area contributed by atoms with Crippen molar-refractivity contribution in [3.05, 3.63) is 0 Å². The first-order valence-corrected chi connectivity index (χ1v) is 7.89. The number of carboxylic acids is 1. The van der Waals surface area contributed by atoms with Gasteiger partial charge in [-0.3, -0.25) is 0 Å². The van der Waals surface area contributed by atoms with Crippen LogP contribution in [0.1, 0.15) is 45.4 Å². The standard InChI is InChI=1S/C15H24N2O3/c1-10-5-2-3-8-16(10)15(20)17-9-11-6-4-7-12(11)13(17)14(18)19/h10-13H,2-9H2,1H3,(H,18,19). The van der Waals surface area contributed by atoms with Gasteiger partial charge in [-0.2, -0.15) is 0 Å². The van der Waals surface area contributed by atoms with Crippen LogP contribution in [0.5, 0.6) is 0 Å². The van der Waals surface area contributed by atoms with Crippen molar-refractivity contribution in [3.63, 3.8) is 0 Å². The van der Waals surface area contributed by atoms with Crippen LogP contribution < -0.4 is 0 Å². The lowest BCUT2D eigenvalue weighted by Crippen LogP contribution is -2.53. The molecule has 3 rings (SSSR count). The molecule has 2 amide bonds. The number of piperidine rings is 1. The summed E-state index contributed by atoms with van der Waals surface area (Å²) in [6.07, 6.45) is 6.38. The zero-order chi connectivity index (χ0) is 14.3. The van der Waals surface area contributed by atoms with Gasteiger partial charge >= 0.3 is 12.0 Å². The number of amides is 2. The molecule has 0 bridgehead atoms. The summed E-state index contributed by atoms with van der Waals surface area (Å²) >= 11 is 0. The van der Waals surface area contributed by atoms with E-state index < -0.39 is 12.0 Å². The number of rotatable bonds is 1. The van der Waals surface area contributed by atoms with Crippen LogP contribution in [0, 0.1) is 11.8 Å². The van der Waals surface area contributed by atoms with Crippen molar-refractivity contribution < 1.29 is 14.7 Å². The number of carboxylic acid groups (broad SMARTS) is 1. The van der Waals surface area contributed by atoms with Gasteiger partial charge in [0.15, 0.2) is 0 Å². The van der Waals surface area contributed by atoms with E-state index >= 15 is 0 Å². The molecule has 1 aliphatic carbocycles. The first-order chi connectivity index (χ1) is 9.59. The fourth-order valence-electron chi connectivity index (χ4n) is 4.37. The quantitative estimate of drug-likeness (QED) is 0.800. The summed E-state index contributed by atoms with van der Waals surface area (Å²) in [5.74, 6) is -0.242. The van der Waals surface area contributed by atoms with Crippen LogP contribution in [-0.2, 0) is 4.79 Å². The Kier molecular flexibility index (Phi) is 3.61. The van der Waals surface area contributed by atoms with E-state index in [1.54, 1.807) is 4.90 Å². The molecule has 0 radical (unpaired) electrons. The molecule has 112 valence electrons. The molecule has 20 heavy (non-hydrogen) atoms. The minimum absolute atomic E-state index is 0.0426. The Morgan fingerprint density at radius 1 is 1.05 bits per heavy atom. The first-order valence-electron chi connectivity index (χ1n) is 7.89. The van der Waals surface area contributed by atoms with Gasteiger partial charge in [0.2, 0.25) is 0 Å². The fourth-order valence-corrected chi connectivity index (χ4v) is 4.37. The third-order valence-corrected chi connectivity index (χ3v) is 5.44. The normalized spacial score (nSPS) is 37.0. The number of nitrogens with zero attached hydrogens (tertiary/aromatic N) is 2. The Morgan fingerprint density at radius 3 is 2.55 bits per heavy atom. The van der Waals surface area contributed by atoms with Crippen LogP contribution in [0.3, 0.4) is 0 Å². The largest absolute Gasteiger partial charge is 0.480 e. The minimum atomic E-state index is -0.822. The second-order valence-corrected chi connectivity index (χ2v) is 6.61.